The maximum absolute atomic E-state index is 12.2. The van der Waals surface area contributed by atoms with E-state index in [4.69, 9.17) is 38.4 Å². The highest BCUT2D eigenvalue weighted by Gasteiger charge is 2.28. The molecule has 0 aliphatic heterocycles. The Bertz CT molecular complexity index is 611. The third-order valence-corrected chi connectivity index (χ3v) is 3.34. The monoisotopic (exact) mass is 362 g/mol. The molecule has 3 N–H and O–H groups in total. The van der Waals surface area contributed by atoms with Crippen molar-refractivity contribution >= 4 is 41.1 Å². The van der Waals surface area contributed by atoms with E-state index in [1.54, 1.807) is 13.8 Å². The van der Waals surface area contributed by atoms with Crippen molar-refractivity contribution in [2.45, 2.75) is 20.0 Å². The van der Waals surface area contributed by atoms with E-state index in [0.29, 0.717) is 0 Å². The van der Waals surface area contributed by atoms with Crippen molar-refractivity contribution in [2.75, 3.05) is 7.11 Å². The average Bonchev–Trinajstić information content (AvgIpc) is 2.42. The standard InChI is InChI=1S/C14H16Cl2N2O5/c1-6(2)10(12(19)18-14(17)21)23-13(20)7-4-8(15)11(22-3)9(16)5-7/h4-6,10H,1-3H3,(H3,17,18,19,21)/t10-/m1/s1. The summed E-state index contributed by atoms with van der Waals surface area (Å²) in [5, 5.41) is 2.11. The quantitative estimate of drug-likeness (QED) is 0.781. The molecule has 0 aliphatic rings. The first-order chi connectivity index (χ1) is 10.7. The number of amides is 3. The number of ether oxygens (including phenoxy) is 2. The molecule has 0 saturated heterocycles. The highest BCUT2D eigenvalue weighted by molar-refractivity contribution is 6.37. The molecule has 9 heteroatoms. The van der Waals surface area contributed by atoms with Crippen molar-refractivity contribution in [1.82, 2.24) is 5.32 Å². The number of halogens is 2. The van der Waals surface area contributed by atoms with E-state index < -0.39 is 24.0 Å². The molecule has 0 fully saturated rings. The van der Waals surface area contributed by atoms with Gasteiger partial charge < -0.3 is 15.2 Å². The molecule has 0 radical (unpaired) electrons. The number of nitrogens with one attached hydrogen (secondary N) is 1. The van der Waals surface area contributed by atoms with Gasteiger partial charge >= 0.3 is 12.0 Å². The van der Waals surface area contributed by atoms with Crippen LogP contribution in [-0.4, -0.2) is 31.1 Å². The van der Waals surface area contributed by atoms with Gasteiger partial charge in [0.05, 0.1) is 22.7 Å². The van der Waals surface area contributed by atoms with Crippen LogP contribution in [0.4, 0.5) is 4.79 Å². The zero-order valence-corrected chi connectivity index (χ0v) is 14.2. The molecule has 7 nitrogen and oxygen atoms in total. The molecular weight excluding hydrogens is 347 g/mol. The second-order valence-electron chi connectivity index (χ2n) is 4.90. The molecule has 0 spiro atoms. The molecule has 0 heterocycles. The van der Waals surface area contributed by atoms with Crippen LogP contribution in [0.3, 0.4) is 0 Å². The second-order valence-corrected chi connectivity index (χ2v) is 5.71. The lowest BCUT2D eigenvalue weighted by Gasteiger charge is -2.20. The maximum Gasteiger partial charge on any atom is 0.339 e. The third kappa shape index (κ3) is 5.01. The largest absolute Gasteiger partial charge is 0.494 e. The SMILES string of the molecule is COc1c(Cl)cc(C(=O)O[C@@H](C(=O)NC(N)=O)C(C)C)cc1Cl. The van der Waals surface area contributed by atoms with Crippen LogP contribution in [0.2, 0.25) is 10.0 Å². The van der Waals surface area contributed by atoms with Crippen LogP contribution in [0.15, 0.2) is 12.1 Å². The van der Waals surface area contributed by atoms with E-state index in [2.05, 4.69) is 0 Å². The van der Waals surface area contributed by atoms with Gasteiger partial charge in [-0.25, -0.2) is 9.59 Å². The van der Waals surface area contributed by atoms with Crippen molar-refractivity contribution in [3.63, 3.8) is 0 Å². The van der Waals surface area contributed by atoms with Crippen LogP contribution in [0, 0.1) is 5.92 Å². The molecule has 1 rings (SSSR count). The van der Waals surface area contributed by atoms with Crippen LogP contribution in [0.1, 0.15) is 24.2 Å². The predicted octanol–water partition coefficient (Wildman–Crippen LogP) is 2.38. The van der Waals surface area contributed by atoms with Gasteiger partial charge in [0.15, 0.2) is 11.9 Å². The van der Waals surface area contributed by atoms with Gasteiger partial charge in [-0.15, -0.1) is 0 Å². The van der Waals surface area contributed by atoms with Crippen LogP contribution in [0.5, 0.6) is 5.75 Å². The van der Waals surface area contributed by atoms with Crippen LogP contribution in [-0.2, 0) is 9.53 Å². The molecule has 126 valence electrons. The smallest absolute Gasteiger partial charge is 0.339 e. The Hall–Kier alpha value is -1.99. The number of hydrogen-bond acceptors (Lipinski definition) is 5. The summed E-state index contributed by atoms with van der Waals surface area (Å²) in [7, 11) is 1.38. The Morgan fingerprint density at radius 3 is 2.09 bits per heavy atom. The number of esters is 1. The predicted molar refractivity (Wildman–Crippen MR) is 84.8 cm³/mol. The number of nitrogens with two attached hydrogens (primary N) is 1. The number of hydrogen-bond donors (Lipinski definition) is 2. The Morgan fingerprint density at radius 1 is 1.17 bits per heavy atom. The average molecular weight is 363 g/mol. The number of rotatable bonds is 5. The lowest BCUT2D eigenvalue weighted by molar-refractivity contribution is -0.130. The van der Waals surface area contributed by atoms with Crippen molar-refractivity contribution in [2.24, 2.45) is 11.7 Å². The van der Waals surface area contributed by atoms with Crippen LogP contribution < -0.4 is 15.8 Å². The molecule has 0 aromatic heterocycles. The van der Waals surface area contributed by atoms with Gasteiger partial charge in [0.2, 0.25) is 0 Å². The first-order valence-corrected chi connectivity index (χ1v) is 7.27. The van der Waals surface area contributed by atoms with Crippen LogP contribution in [0.25, 0.3) is 0 Å². The van der Waals surface area contributed by atoms with E-state index in [1.165, 1.54) is 19.2 Å². The number of methoxy groups -OCH3 is 1. The highest BCUT2D eigenvalue weighted by atomic mass is 35.5. The normalized spacial score (nSPS) is 11.7. The van der Waals surface area contributed by atoms with Crippen molar-refractivity contribution in [3.8, 4) is 5.75 Å². The fourth-order valence-corrected chi connectivity index (χ4v) is 2.38. The van der Waals surface area contributed by atoms with E-state index in [0.717, 1.165) is 0 Å². The molecular formula is C14H16Cl2N2O5. The zero-order chi connectivity index (χ0) is 17.7. The van der Waals surface area contributed by atoms with E-state index in [9.17, 15) is 14.4 Å². The van der Waals surface area contributed by atoms with E-state index in [1.807, 2.05) is 5.32 Å². The van der Waals surface area contributed by atoms with Crippen LogP contribution >= 0.6 is 23.2 Å². The third-order valence-electron chi connectivity index (χ3n) is 2.78. The van der Waals surface area contributed by atoms with Crippen molar-refractivity contribution < 1.29 is 23.9 Å². The summed E-state index contributed by atoms with van der Waals surface area (Å²) in [6.45, 7) is 3.29. The summed E-state index contributed by atoms with van der Waals surface area (Å²) in [4.78, 5) is 34.8. The van der Waals surface area contributed by atoms with Gasteiger partial charge in [0.1, 0.15) is 0 Å². The Morgan fingerprint density at radius 2 is 1.70 bits per heavy atom. The minimum absolute atomic E-state index is 0.0401. The Kier molecular flexibility index (Phi) is 6.65. The first kappa shape index (κ1) is 19.1. The van der Waals surface area contributed by atoms with E-state index >= 15 is 0 Å². The molecule has 0 bridgehead atoms. The number of urea groups is 1. The molecule has 1 aromatic rings. The number of benzene rings is 1. The lowest BCUT2D eigenvalue weighted by atomic mass is 10.1. The van der Waals surface area contributed by atoms with Gasteiger partial charge in [0.25, 0.3) is 5.91 Å². The molecule has 3 amide bonds. The first-order valence-electron chi connectivity index (χ1n) is 6.51. The second kappa shape index (κ2) is 8.03. The Balaban J connectivity index is 3.00. The highest BCUT2D eigenvalue weighted by Crippen LogP contribution is 2.34. The van der Waals surface area contributed by atoms with Crippen molar-refractivity contribution in [1.29, 1.82) is 0 Å². The molecule has 1 atom stereocenters. The summed E-state index contributed by atoms with van der Waals surface area (Å²) >= 11 is 11.9. The molecule has 0 aliphatic carbocycles. The fraction of sp³-hybridized carbons (Fsp3) is 0.357. The summed E-state index contributed by atoms with van der Waals surface area (Å²) in [6, 6.07) is 1.57. The molecule has 23 heavy (non-hydrogen) atoms. The summed E-state index contributed by atoms with van der Waals surface area (Å²) in [5.74, 6) is -1.81. The van der Waals surface area contributed by atoms with Gasteiger partial charge in [0, 0.05) is 0 Å². The van der Waals surface area contributed by atoms with Gasteiger partial charge in [-0.05, 0) is 18.1 Å². The van der Waals surface area contributed by atoms with E-state index in [-0.39, 0.29) is 27.3 Å². The van der Waals surface area contributed by atoms with Crippen molar-refractivity contribution in [3.05, 3.63) is 27.7 Å². The maximum atomic E-state index is 12.2. The fourth-order valence-electron chi connectivity index (χ4n) is 1.74. The minimum Gasteiger partial charge on any atom is -0.494 e. The number of primary amides is 1. The summed E-state index contributed by atoms with van der Waals surface area (Å²) < 4.78 is 10.1. The molecule has 0 unspecified atom stereocenters. The number of carbonyl (C=O) groups is 3. The molecule has 1 aromatic carbocycles. The van der Waals surface area contributed by atoms with Gasteiger partial charge in [-0.1, -0.05) is 37.0 Å². The number of carbonyl (C=O) groups excluding carboxylic acids is 3. The minimum atomic E-state index is -1.20. The van der Waals surface area contributed by atoms with Gasteiger partial charge in [-0.2, -0.15) is 0 Å². The topological polar surface area (TPSA) is 108 Å². The summed E-state index contributed by atoms with van der Waals surface area (Å²) in [6.07, 6.45) is -1.20. The van der Waals surface area contributed by atoms with Gasteiger partial charge in [-0.3, -0.25) is 10.1 Å². The molecule has 0 saturated carbocycles. The lowest BCUT2D eigenvalue weighted by Crippen LogP contribution is -2.45. The Labute approximate surface area is 143 Å². The zero-order valence-electron chi connectivity index (χ0n) is 12.7. The summed E-state index contributed by atoms with van der Waals surface area (Å²) in [5.41, 5.74) is 4.92. The number of imide groups is 1.